The van der Waals surface area contributed by atoms with Gasteiger partial charge in [-0.2, -0.15) is 12.5 Å². The summed E-state index contributed by atoms with van der Waals surface area (Å²) in [5, 5.41) is 4.18. The van der Waals surface area contributed by atoms with Gasteiger partial charge in [0.15, 0.2) is 5.82 Å². The highest BCUT2D eigenvalue weighted by Crippen LogP contribution is 2.38. The Hall–Kier alpha value is -2.86. The van der Waals surface area contributed by atoms with E-state index in [0.717, 1.165) is 15.2 Å². The van der Waals surface area contributed by atoms with Crippen molar-refractivity contribution < 1.29 is 8.42 Å². The molecule has 0 saturated carbocycles. The van der Waals surface area contributed by atoms with E-state index in [9.17, 15) is 8.42 Å². The Morgan fingerprint density at radius 2 is 1.74 bits per heavy atom. The maximum absolute atomic E-state index is 13.2. The molecule has 0 aliphatic heterocycles. The van der Waals surface area contributed by atoms with Crippen LogP contribution in [0, 0.1) is 6.92 Å². The Morgan fingerprint density at radius 1 is 1.07 bits per heavy atom. The first-order chi connectivity index (χ1) is 12.8. The van der Waals surface area contributed by atoms with Gasteiger partial charge in [-0.3, -0.25) is 0 Å². The average molecular weight is 379 g/mol. The first kappa shape index (κ1) is 17.5. The Balaban J connectivity index is 1.84. The fraction of sp³-hybridized carbons (Fsp3) is 0.190. The lowest BCUT2D eigenvalue weighted by molar-refractivity contribution is 0.551. The van der Waals surface area contributed by atoms with E-state index < -0.39 is 10.0 Å². The van der Waals surface area contributed by atoms with E-state index >= 15 is 0 Å². The van der Waals surface area contributed by atoms with Crippen molar-refractivity contribution in [3.63, 3.8) is 0 Å². The average Bonchev–Trinajstić information content (AvgIpc) is 2.99. The zero-order chi connectivity index (χ0) is 19.2. The second-order valence-corrected chi connectivity index (χ2v) is 8.97. The minimum atomic E-state index is -3.82. The molecule has 0 amide bonds. The second kappa shape index (κ2) is 6.09. The number of nitrogen functional groups attached to an aromatic ring is 1. The largest absolute Gasteiger partial charge is 0.382 e. The summed E-state index contributed by atoms with van der Waals surface area (Å²) in [5.74, 6) is 0.229. The van der Waals surface area contributed by atoms with Crippen LogP contribution in [-0.2, 0) is 21.9 Å². The predicted molar refractivity (Wildman–Crippen MR) is 107 cm³/mol. The van der Waals surface area contributed by atoms with Gasteiger partial charge in [0.25, 0.3) is 10.0 Å². The lowest BCUT2D eigenvalue weighted by atomic mass is 9.75. The van der Waals surface area contributed by atoms with Crippen LogP contribution in [0.1, 0.15) is 29.3 Å². The van der Waals surface area contributed by atoms with Gasteiger partial charge in [-0.1, -0.05) is 67.1 Å². The molecule has 1 atom stereocenters. The molecule has 138 valence electrons. The van der Waals surface area contributed by atoms with Crippen LogP contribution in [0.3, 0.4) is 0 Å². The van der Waals surface area contributed by atoms with Crippen LogP contribution in [0.15, 0.2) is 65.6 Å². The lowest BCUT2D eigenvalue weighted by Crippen LogP contribution is -2.28. The molecule has 2 aromatic carbocycles. The highest BCUT2D eigenvalue weighted by atomic mass is 32.2. The van der Waals surface area contributed by atoms with Gasteiger partial charge in [0.2, 0.25) is 0 Å². The first-order valence-electron chi connectivity index (χ1n) is 8.76. The summed E-state index contributed by atoms with van der Waals surface area (Å²) in [6.45, 7) is 4.01. The molecule has 2 N–H and O–H groups in total. The van der Waals surface area contributed by atoms with E-state index in [-0.39, 0.29) is 16.1 Å². The van der Waals surface area contributed by atoms with Crippen molar-refractivity contribution in [2.45, 2.75) is 30.6 Å². The number of nitrogens with zero attached hydrogens (tertiary/aromatic N) is 2. The molecule has 1 heterocycles. The van der Waals surface area contributed by atoms with Crippen LogP contribution in [0.2, 0.25) is 0 Å². The number of nitrogens with two attached hydrogens (primary N) is 1. The SMILES string of the molecule is Cc1ccc(S(=O)(=O)n2nc(N)c3c2CC(C)(c2ccccc2)C=C3)cc1. The third-order valence-electron chi connectivity index (χ3n) is 5.15. The van der Waals surface area contributed by atoms with Gasteiger partial charge in [-0.15, -0.1) is 5.10 Å². The molecule has 0 fully saturated rings. The molecule has 0 spiro atoms. The predicted octanol–water partition coefficient (Wildman–Crippen LogP) is 3.54. The fourth-order valence-electron chi connectivity index (χ4n) is 3.51. The van der Waals surface area contributed by atoms with Crippen molar-refractivity contribution in [3.8, 4) is 0 Å². The molecule has 1 unspecified atom stereocenters. The number of fused-ring (bicyclic) bond motifs is 1. The van der Waals surface area contributed by atoms with E-state index in [4.69, 9.17) is 5.73 Å². The number of hydrogen-bond acceptors (Lipinski definition) is 4. The Bertz CT molecular complexity index is 1130. The smallest absolute Gasteiger partial charge is 0.283 e. The minimum Gasteiger partial charge on any atom is -0.382 e. The van der Waals surface area contributed by atoms with Crippen LogP contribution in [0.5, 0.6) is 0 Å². The van der Waals surface area contributed by atoms with Crippen molar-refractivity contribution in [3.05, 3.63) is 83.1 Å². The molecule has 1 aromatic heterocycles. The number of anilines is 1. The normalized spacial score (nSPS) is 19.0. The Morgan fingerprint density at radius 3 is 2.41 bits per heavy atom. The summed E-state index contributed by atoms with van der Waals surface area (Å²) in [4.78, 5) is 0.203. The quantitative estimate of drug-likeness (QED) is 0.755. The minimum absolute atomic E-state index is 0.203. The van der Waals surface area contributed by atoms with E-state index in [1.165, 1.54) is 0 Å². The van der Waals surface area contributed by atoms with Crippen molar-refractivity contribution >= 4 is 21.9 Å². The highest BCUT2D eigenvalue weighted by Gasteiger charge is 2.34. The van der Waals surface area contributed by atoms with E-state index in [0.29, 0.717) is 17.7 Å². The van der Waals surface area contributed by atoms with Crippen LogP contribution >= 0.6 is 0 Å². The zero-order valence-electron chi connectivity index (χ0n) is 15.3. The number of benzene rings is 2. The summed E-state index contributed by atoms with van der Waals surface area (Å²) >= 11 is 0. The zero-order valence-corrected chi connectivity index (χ0v) is 16.1. The third-order valence-corrected chi connectivity index (χ3v) is 6.77. The number of rotatable bonds is 3. The molecule has 0 bridgehead atoms. The van der Waals surface area contributed by atoms with Gasteiger partial charge in [0.05, 0.1) is 10.6 Å². The van der Waals surface area contributed by atoms with Crippen molar-refractivity contribution in [2.24, 2.45) is 0 Å². The molecule has 5 nitrogen and oxygen atoms in total. The summed E-state index contributed by atoms with van der Waals surface area (Å²) in [7, 11) is -3.82. The molecule has 4 rings (SSSR count). The maximum atomic E-state index is 13.2. The van der Waals surface area contributed by atoms with Crippen molar-refractivity contribution in [1.29, 1.82) is 0 Å². The Kier molecular flexibility index (Phi) is 3.96. The van der Waals surface area contributed by atoms with E-state index in [1.807, 2.05) is 43.3 Å². The number of allylic oxidation sites excluding steroid dienone is 1. The summed E-state index contributed by atoms with van der Waals surface area (Å²) in [5.41, 5.74) is 9.11. The van der Waals surface area contributed by atoms with E-state index in [2.05, 4.69) is 18.1 Å². The summed E-state index contributed by atoms with van der Waals surface area (Å²) in [6.07, 6.45) is 4.46. The van der Waals surface area contributed by atoms with Gasteiger partial charge >= 0.3 is 0 Å². The van der Waals surface area contributed by atoms with Crippen molar-refractivity contribution in [1.82, 2.24) is 9.19 Å². The second-order valence-electron chi connectivity index (χ2n) is 7.20. The van der Waals surface area contributed by atoms with Gasteiger partial charge in [-0.05, 0) is 24.6 Å². The molecule has 1 aliphatic carbocycles. The van der Waals surface area contributed by atoms with Crippen LogP contribution in [0.4, 0.5) is 5.82 Å². The monoisotopic (exact) mass is 379 g/mol. The van der Waals surface area contributed by atoms with Crippen LogP contribution < -0.4 is 5.73 Å². The van der Waals surface area contributed by atoms with Gasteiger partial charge in [0.1, 0.15) is 0 Å². The van der Waals surface area contributed by atoms with Crippen LogP contribution in [-0.4, -0.2) is 17.6 Å². The summed E-state index contributed by atoms with van der Waals surface area (Å²) < 4.78 is 27.5. The Labute approximate surface area is 159 Å². The molecular weight excluding hydrogens is 358 g/mol. The molecular formula is C21H21N3O2S. The highest BCUT2D eigenvalue weighted by molar-refractivity contribution is 7.89. The lowest BCUT2D eigenvalue weighted by Gasteiger charge is -2.30. The van der Waals surface area contributed by atoms with Crippen molar-refractivity contribution in [2.75, 3.05) is 5.73 Å². The molecule has 27 heavy (non-hydrogen) atoms. The molecule has 6 heteroatoms. The molecule has 0 saturated heterocycles. The maximum Gasteiger partial charge on any atom is 0.283 e. The van der Waals surface area contributed by atoms with Crippen LogP contribution in [0.25, 0.3) is 6.08 Å². The number of aryl methyl sites for hydroxylation is 1. The third kappa shape index (κ3) is 2.86. The standard InChI is InChI=1S/C21H21N3O2S/c1-15-8-10-17(11-9-15)27(25,26)24-19-14-21(2,16-6-4-3-5-7-16)13-12-18(19)20(22)23-24/h3-13H,14H2,1-2H3,(H2,22,23). The fourth-order valence-corrected chi connectivity index (χ4v) is 4.84. The van der Waals surface area contributed by atoms with Gasteiger partial charge in [-0.25, -0.2) is 0 Å². The molecule has 3 aromatic rings. The van der Waals surface area contributed by atoms with E-state index in [1.54, 1.807) is 24.3 Å². The first-order valence-corrected chi connectivity index (χ1v) is 10.2. The van der Waals surface area contributed by atoms with Gasteiger partial charge in [0, 0.05) is 17.4 Å². The number of aromatic nitrogens is 2. The molecule has 1 aliphatic rings. The summed E-state index contributed by atoms with van der Waals surface area (Å²) in [6, 6.07) is 16.8. The van der Waals surface area contributed by atoms with Gasteiger partial charge < -0.3 is 5.73 Å². The topological polar surface area (TPSA) is 78.0 Å². The molecule has 0 radical (unpaired) electrons. The number of hydrogen-bond donors (Lipinski definition) is 1.